The van der Waals surface area contributed by atoms with Crippen molar-refractivity contribution in [2.45, 2.75) is 26.9 Å². The normalized spacial score (nSPS) is 11.5. The first-order valence-electron chi connectivity index (χ1n) is 8.28. The van der Waals surface area contributed by atoms with Crippen molar-refractivity contribution in [2.75, 3.05) is 20.2 Å². The van der Waals surface area contributed by atoms with Gasteiger partial charge in [0.25, 0.3) is 0 Å². The molecule has 1 N–H and O–H groups in total. The molecule has 136 valence electrons. The minimum Gasteiger partial charge on any atom is -0.491 e. The van der Waals surface area contributed by atoms with Crippen molar-refractivity contribution in [3.63, 3.8) is 0 Å². The van der Waals surface area contributed by atoms with E-state index in [9.17, 15) is 4.39 Å². The number of ether oxygens (including phenoxy) is 1. The van der Waals surface area contributed by atoms with Gasteiger partial charge in [0, 0.05) is 20.6 Å². The molecule has 8 heteroatoms. The lowest BCUT2D eigenvalue weighted by Gasteiger charge is -2.21. The van der Waals surface area contributed by atoms with Crippen molar-refractivity contribution < 1.29 is 9.13 Å². The van der Waals surface area contributed by atoms with Gasteiger partial charge in [0.1, 0.15) is 12.2 Å². The lowest BCUT2D eigenvalue weighted by atomic mass is 10.2. The molecule has 25 heavy (non-hydrogen) atoms. The van der Waals surface area contributed by atoms with Gasteiger partial charge in [0.05, 0.1) is 19.7 Å². The first kappa shape index (κ1) is 18.7. The standard InChI is InChI=1S/C17H25FN6O/c1-5-19-17(23(3)11-16-21-12-22-24(16)4)20-10-13-7-8-15(25-6-2)14(18)9-13/h7-9,12H,5-6,10-11H2,1-4H3,(H,19,20). The molecule has 0 unspecified atom stereocenters. The van der Waals surface area contributed by atoms with Gasteiger partial charge in [-0.25, -0.2) is 14.4 Å². The average Bonchev–Trinajstić information content (AvgIpc) is 2.98. The third-order valence-electron chi connectivity index (χ3n) is 3.59. The van der Waals surface area contributed by atoms with Crippen LogP contribution < -0.4 is 10.1 Å². The number of rotatable bonds is 7. The molecule has 0 fully saturated rings. The molecule has 0 atom stereocenters. The summed E-state index contributed by atoms with van der Waals surface area (Å²) >= 11 is 0. The molecule has 0 aliphatic heterocycles. The van der Waals surface area contributed by atoms with Gasteiger partial charge in [-0.15, -0.1) is 0 Å². The van der Waals surface area contributed by atoms with Gasteiger partial charge in [-0.1, -0.05) is 6.07 Å². The van der Waals surface area contributed by atoms with Crippen LogP contribution in [0.5, 0.6) is 5.75 Å². The number of hydrogen-bond acceptors (Lipinski definition) is 4. The summed E-state index contributed by atoms with van der Waals surface area (Å²) in [7, 11) is 3.78. The number of nitrogens with zero attached hydrogens (tertiary/aromatic N) is 5. The highest BCUT2D eigenvalue weighted by atomic mass is 19.1. The topological polar surface area (TPSA) is 67.6 Å². The summed E-state index contributed by atoms with van der Waals surface area (Å²) in [5.41, 5.74) is 0.781. The molecule has 2 rings (SSSR count). The van der Waals surface area contributed by atoms with Crippen molar-refractivity contribution in [3.8, 4) is 5.75 Å². The van der Waals surface area contributed by atoms with Gasteiger partial charge in [-0.2, -0.15) is 5.10 Å². The number of guanidine groups is 1. The van der Waals surface area contributed by atoms with E-state index in [1.165, 1.54) is 12.4 Å². The Morgan fingerprint density at radius 1 is 1.40 bits per heavy atom. The zero-order valence-electron chi connectivity index (χ0n) is 15.2. The van der Waals surface area contributed by atoms with Crippen LogP contribution in [-0.4, -0.2) is 45.8 Å². The minimum absolute atomic E-state index is 0.265. The number of benzene rings is 1. The highest BCUT2D eigenvalue weighted by Crippen LogP contribution is 2.18. The Hall–Kier alpha value is -2.64. The summed E-state index contributed by atoms with van der Waals surface area (Å²) in [4.78, 5) is 10.8. The highest BCUT2D eigenvalue weighted by Gasteiger charge is 2.10. The number of nitrogens with one attached hydrogen (secondary N) is 1. The second-order valence-corrected chi connectivity index (χ2v) is 5.52. The maximum Gasteiger partial charge on any atom is 0.194 e. The number of aromatic nitrogens is 3. The summed E-state index contributed by atoms with van der Waals surface area (Å²) in [6, 6.07) is 4.92. The molecule has 0 spiro atoms. The lowest BCUT2D eigenvalue weighted by molar-refractivity contribution is 0.321. The zero-order valence-corrected chi connectivity index (χ0v) is 15.2. The van der Waals surface area contributed by atoms with Crippen LogP contribution in [0, 0.1) is 5.82 Å². The van der Waals surface area contributed by atoms with E-state index in [4.69, 9.17) is 4.74 Å². The fourth-order valence-corrected chi connectivity index (χ4v) is 2.30. The third kappa shape index (κ3) is 5.17. The molecular weight excluding hydrogens is 323 g/mol. The van der Waals surface area contributed by atoms with E-state index in [1.54, 1.807) is 10.7 Å². The molecule has 1 aromatic heterocycles. The van der Waals surface area contributed by atoms with Crippen LogP contribution in [0.2, 0.25) is 0 Å². The van der Waals surface area contributed by atoms with Crippen LogP contribution in [-0.2, 0) is 20.1 Å². The molecule has 2 aromatic rings. The summed E-state index contributed by atoms with van der Waals surface area (Å²) in [5.74, 6) is 1.45. The van der Waals surface area contributed by atoms with Crippen molar-refractivity contribution >= 4 is 5.96 Å². The van der Waals surface area contributed by atoms with Gasteiger partial charge in [-0.3, -0.25) is 4.68 Å². The van der Waals surface area contributed by atoms with Crippen molar-refractivity contribution in [3.05, 3.63) is 41.7 Å². The molecule has 0 amide bonds. The first-order valence-corrected chi connectivity index (χ1v) is 8.28. The maximum absolute atomic E-state index is 13.9. The van der Waals surface area contributed by atoms with Crippen molar-refractivity contribution in [1.29, 1.82) is 0 Å². The second kappa shape index (κ2) is 9.00. The Morgan fingerprint density at radius 2 is 2.20 bits per heavy atom. The van der Waals surface area contributed by atoms with Crippen LogP contribution >= 0.6 is 0 Å². The predicted molar refractivity (Wildman–Crippen MR) is 94.9 cm³/mol. The van der Waals surface area contributed by atoms with Gasteiger partial charge >= 0.3 is 0 Å². The Labute approximate surface area is 147 Å². The van der Waals surface area contributed by atoms with E-state index < -0.39 is 0 Å². The molecule has 0 aliphatic rings. The molecule has 0 saturated carbocycles. The summed E-state index contributed by atoms with van der Waals surface area (Å²) in [6.45, 7) is 5.94. The zero-order chi connectivity index (χ0) is 18.2. The van der Waals surface area contributed by atoms with Gasteiger partial charge in [0.2, 0.25) is 0 Å². The Balaban J connectivity index is 2.08. The molecular formula is C17H25FN6O. The van der Waals surface area contributed by atoms with Gasteiger partial charge in [-0.05, 0) is 31.5 Å². The molecule has 0 bridgehead atoms. The fraction of sp³-hybridized carbons (Fsp3) is 0.471. The van der Waals surface area contributed by atoms with Crippen LogP contribution in [0.1, 0.15) is 25.2 Å². The van der Waals surface area contributed by atoms with E-state index in [1.807, 2.05) is 38.9 Å². The largest absolute Gasteiger partial charge is 0.491 e. The van der Waals surface area contributed by atoms with Crippen molar-refractivity contribution in [1.82, 2.24) is 25.0 Å². The summed E-state index contributed by atoms with van der Waals surface area (Å²) in [6.07, 6.45) is 1.52. The van der Waals surface area contributed by atoms with Crippen molar-refractivity contribution in [2.24, 2.45) is 12.0 Å². The molecule has 7 nitrogen and oxygen atoms in total. The first-order chi connectivity index (χ1) is 12.0. The summed E-state index contributed by atoms with van der Waals surface area (Å²) < 4.78 is 20.9. The van der Waals surface area contributed by atoms with Crippen LogP contribution in [0.15, 0.2) is 29.5 Å². The SMILES string of the molecule is CCNC(=NCc1ccc(OCC)c(F)c1)N(C)Cc1ncnn1C. The smallest absolute Gasteiger partial charge is 0.194 e. The summed E-state index contributed by atoms with van der Waals surface area (Å²) in [5, 5.41) is 7.30. The van der Waals surface area contributed by atoms with E-state index in [-0.39, 0.29) is 11.6 Å². The van der Waals surface area contributed by atoms with E-state index >= 15 is 0 Å². The average molecular weight is 348 g/mol. The van der Waals surface area contributed by atoms with Gasteiger partial charge in [0.15, 0.2) is 17.5 Å². The van der Waals surface area contributed by atoms with Crippen LogP contribution in [0.3, 0.4) is 0 Å². The number of hydrogen-bond donors (Lipinski definition) is 1. The Bertz CT molecular complexity index is 715. The predicted octanol–water partition coefficient (Wildman–Crippen LogP) is 1.95. The van der Waals surface area contributed by atoms with Crippen LogP contribution in [0.25, 0.3) is 0 Å². The monoisotopic (exact) mass is 348 g/mol. The molecule has 0 saturated heterocycles. The second-order valence-electron chi connectivity index (χ2n) is 5.52. The molecule has 0 radical (unpaired) electrons. The van der Waals surface area contributed by atoms with E-state index in [0.29, 0.717) is 19.7 Å². The minimum atomic E-state index is -0.369. The third-order valence-corrected chi connectivity index (χ3v) is 3.59. The fourth-order valence-electron chi connectivity index (χ4n) is 2.30. The molecule has 1 aromatic carbocycles. The van der Waals surface area contributed by atoms with E-state index in [0.717, 1.165) is 23.9 Å². The Morgan fingerprint density at radius 3 is 2.80 bits per heavy atom. The molecule has 0 aliphatic carbocycles. The maximum atomic E-state index is 13.9. The number of aryl methyl sites for hydroxylation is 1. The highest BCUT2D eigenvalue weighted by molar-refractivity contribution is 5.79. The van der Waals surface area contributed by atoms with Crippen LogP contribution in [0.4, 0.5) is 4.39 Å². The quantitative estimate of drug-likeness (QED) is 0.612. The lowest BCUT2D eigenvalue weighted by Crippen LogP contribution is -2.39. The molecule has 1 heterocycles. The Kier molecular flexibility index (Phi) is 6.73. The number of aliphatic imine (C=N–C) groups is 1. The number of halogens is 1. The van der Waals surface area contributed by atoms with Gasteiger partial charge < -0.3 is 15.0 Å². The van der Waals surface area contributed by atoms with E-state index in [2.05, 4.69) is 20.4 Å².